The van der Waals surface area contributed by atoms with Crippen molar-refractivity contribution in [3.05, 3.63) is 98.6 Å². The molecule has 0 bridgehead atoms. The van der Waals surface area contributed by atoms with Crippen LogP contribution in [0.25, 0.3) is 6.08 Å². The summed E-state index contributed by atoms with van der Waals surface area (Å²) >= 11 is 4.30. The number of nitrogens with zero attached hydrogens (tertiary/aromatic N) is 1. The zero-order valence-electron chi connectivity index (χ0n) is 18.5. The molecule has 1 heterocycles. The average Bonchev–Trinajstić information content (AvgIpc) is 3.10. The van der Waals surface area contributed by atoms with Crippen LogP contribution >= 0.6 is 27.7 Å². The molecule has 35 heavy (non-hydrogen) atoms. The van der Waals surface area contributed by atoms with Gasteiger partial charge in [-0.15, -0.1) is 0 Å². The molecule has 178 valence electrons. The number of ether oxygens (including phenoxy) is 2. The summed E-state index contributed by atoms with van der Waals surface area (Å²) in [5, 5.41) is -0.355. The van der Waals surface area contributed by atoms with E-state index in [0.29, 0.717) is 17.9 Å². The molecule has 0 aromatic heterocycles. The van der Waals surface area contributed by atoms with E-state index >= 15 is 0 Å². The molecule has 0 saturated carbocycles. The fourth-order valence-electron chi connectivity index (χ4n) is 3.30. The van der Waals surface area contributed by atoms with E-state index in [1.54, 1.807) is 31.2 Å². The fraction of sp³-hybridized carbons (Fsp3) is 0.115. The van der Waals surface area contributed by atoms with E-state index < -0.39 is 11.8 Å². The second-order valence-electron chi connectivity index (χ2n) is 7.39. The Morgan fingerprint density at radius 2 is 1.80 bits per heavy atom. The first-order valence-electron chi connectivity index (χ1n) is 10.6. The lowest BCUT2D eigenvalue weighted by Crippen LogP contribution is -2.27. The number of halogens is 2. The maximum atomic E-state index is 13.1. The van der Waals surface area contributed by atoms with Crippen LogP contribution in [-0.4, -0.2) is 28.6 Å². The molecule has 9 heteroatoms. The van der Waals surface area contributed by atoms with E-state index in [-0.39, 0.29) is 33.9 Å². The summed E-state index contributed by atoms with van der Waals surface area (Å²) in [6, 6.07) is 17.2. The molecule has 3 aromatic rings. The molecule has 0 aliphatic carbocycles. The second kappa shape index (κ2) is 10.9. The molecular formula is C26H19BrFNO5S. The monoisotopic (exact) mass is 555 g/mol. The lowest BCUT2D eigenvalue weighted by molar-refractivity contribution is -0.123. The van der Waals surface area contributed by atoms with Crippen LogP contribution in [0.2, 0.25) is 0 Å². The molecule has 0 atom stereocenters. The Morgan fingerprint density at radius 3 is 2.51 bits per heavy atom. The van der Waals surface area contributed by atoms with Crippen LogP contribution in [0, 0.1) is 5.82 Å². The number of thioether (sulfide) groups is 1. The van der Waals surface area contributed by atoms with E-state index in [0.717, 1.165) is 21.8 Å². The van der Waals surface area contributed by atoms with Crippen LogP contribution in [0.1, 0.15) is 28.4 Å². The molecule has 1 aliphatic heterocycles. The Kier molecular flexibility index (Phi) is 7.67. The Labute approximate surface area is 213 Å². The SMILES string of the molecule is CCOc1cc(/C=C2\SC(=O)N(Cc3ccccc3Br)C2=O)ccc1OC(=O)c1ccc(F)cc1. The minimum atomic E-state index is -0.660. The minimum absolute atomic E-state index is 0.159. The van der Waals surface area contributed by atoms with Crippen LogP contribution < -0.4 is 9.47 Å². The predicted molar refractivity (Wildman–Crippen MR) is 135 cm³/mol. The summed E-state index contributed by atoms with van der Waals surface area (Å²) in [7, 11) is 0. The predicted octanol–water partition coefficient (Wildman–Crippen LogP) is 6.44. The number of amides is 2. The van der Waals surface area contributed by atoms with Crippen LogP contribution in [-0.2, 0) is 11.3 Å². The first-order valence-corrected chi connectivity index (χ1v) is 12.2. The summed E-state index contributed by atoms with van der Waals surface area (Å²) in [5.41, 5.74) is 1.61. The molecule has 1 fully saturated rings. The van der Waals surface area contributed by atoms with Crippen LogP contribution in [0.15, 0.2) is 76.1 Å². The van der Waals surface area contributed by atoms with Crippen molar-refractivity contribution in [2.45, 2.75) is 13.5 Å². The number of carbonyl (C=O) groups excluding carboxylic acids is 3. The Balaban J connectivity index is 1.54. The Morgan fingerprint density at radius 1 is 1.06 bits per heavy atom. The Hall–Kier alpha value is -3.43. The maximum absolute atomic E-state index is 13.1. The summed E-state index contributed by atoms with van der Waals surface area (Å²) in [6.07, 6.45) is 1.60. The zero-order valence-corrected chi connectivity index (χ0v) is 20.9. The largest absolute Gasteiger partial charge is 0.490 e. The minimum Gasteiger partial charge on any atom is -0.490 e. The molecule has 4 rings (SSSR count). The lowest BCUT2D eigenvalue weighted by atomic mass is 10.1. The van der Waals surface area contributed by atoms with Crippen molar-refractivity contribution in [1.29, 1.82) is 0 Å². The van der Waals surface area contributed by atoms with E-state index in [1.165, 1.54) is 29.2 Å². The van der Waals surface area contributed by atoms with Gasteiger partial charge in [0.05, 0.1) is 23.6 Å². The topological polar surface area (TPSA) is 72.9 Å². The van der Waals surface area contributed by atoms with Crippen LogP contribution in [0.5, 0.6) is 11.5 Å². The number of benzene rings is 3. The standard InChI is InChI=1S/C26H19BrFNO5S/c1-2-33-22-13-16(7-12-21(22)34-25(31)17-8-10-19(28)11-9-17)14-23-24(30)29(26(32)35-23)15-18-5-3-4-6-20(18)27/h3-14H,2,15H2,1H3/b23-14-. The highest BCUT2D eigenvalue weighted by Crippen LogP contribution is 2.36. The van der Waals surface area contributed by atoms with E-state index in [9.17, 15) is 18.8 Å². The molecule has 2 amide bonds. The number of rotatable bonds is 7. The van der Waals surface area contributed by atoms with Crippen LogP contribution in [0.4, 0.5) is 9.18 Å². The quantitative estimate of drug-likeness (QED) is 0.190. The second-order valence-corrected chi connectivity index (χ2v) is 9.24. The average molecular weight is 556 g/mol. The van der Waals surface area contributed by atoms with Crippen molar-refractivity contribution in [3.63, 3.8) is 0 Å². The van der Waals surface area contributed by atoms with Gasteiger partial charge in [-0.2, -0.15) is 0 Å². The lowest BCUT2D eigenvalue weighted by Gasteiger charge is -2.13. The van der Waals surface area contributed by atoms with Crippen molar-refractivity contribution in [3.8, 4) is 11.5 Å². The fourth-order valence-corrected chi connectivity index (χ4v) is 4.54. The first-order chi connectivity index (χ1) is 16.9. The molecule has 3 aromatic carbocycles. The highest BCUT2D eigenvalue weighted by Gasteiger charge is 2.35. The van der Waals surface area contributed by atoms with E-state index in [4.69, 9.17) is 9.47 Å². The third-order valence-corrected chi connectivity index (χ3v) is 6.69. The van der Waals surface area contributed by atoms with Gasteiger partial charge in [-0.1, -0.05) is 40.2 Å². The maximum Gasteiger partial charge on any atom is 0.343 e. The number of esters is 1. The van der Waals surface area contributed by atoms with Crippen molar-refractivity contribution in [2.75, 3.05) is 6.61 Å². The molecule has 0 N–H and O–H groups in total. The van der Waals surface area contributed by atoms with Crippen molar-refractivity contribution in [2.24, 2.45) is 0 Å². The highest BCUT2D eigenvalue weighted by molar-refractivity contribution is 9.10. The van der Waals surface area contributed by atoms with Gasteiger partial charge in [-0.3, -0.25) is 14.5 Å². The summed E-state index contributed by atoms with van der Waals surface area (Å²) < 4.78 is 25.0. The number of hydrogen-bond acceptors (Lipinski definition) is 6. The zero-order chi connectivity index (χ0) is 24.9. The normalized spacial score (nSPS) is 14.5. The third-order valence-electron chi connectivity index (χ3n) is 5.01. The van der Waals surface area contributed by atoms with E-state index in [2.05, 4.69) is 15.9 Å². The molecule has 1 aliphatic rings. The van der Waals surface area contributed by atoms with Crippen LogP contribution in [0.3, 0.4) is 0 Å². The molecular weight excluding hydrogens is 537 g/mol. The van der Waals surface area contributed by atoms with Gasteiger partial charge < -0.3 is 9.47 Å². The summed E-state index contributed by atoms with van der Waals surface area (Å²) in [6.45, 7) is 2.25. The molecule has 0 radical (unpaired) electrons. The third kappa shape index (κ3) is 5.80. The van der Waals surface area contributed by atoms with Gasteiger partial charge in [0.1, 0.15) is 5.82 Å². The Bertz CT molecular complexity index is 1330. The summed E-state index contributed by atoms with van der Waals surface area (Å²) in [4.78, 5) is 39.3. The van der Waals surface area contributed by atoms with Gasteiger partial charge in [0.15, 0.2) is 11.5 Å². The number of imide groups is 1. The van der Waals surface area contributed by atoms with E-state index in [1.807, 2.05) is 24.3 Å². The van der Waals surface area contributed by atoms with Crippen molar-refractivity contribution >= 4 is 50.9 Å². The molecule has 0 spiro atoms. The van der Waals surface area contributed by atoms with Gasteiger partial charge >= 0.3 is 5.97 Å². The van der Waals surface area contributed by atoms with Gasteiger partial charge in [0, 0.05) is 4.47 Å². The molecule has 1 saturated heterocycles. The first kappa shape index (κ1) is 24.7. The van der Waals surface area contributed by atoms with Gasteiger partial charge in [-0.05, 0) is 78.4 Å². The molecule has 0 unspecified atom stereocenters. The van der Waals surface area contributed by atoms with Crippen molar-refractivity contribution < 1.29 is 28.2 Å². The van der Waals surface area contributed by atoms with Gasteiger partial charge in [0.25, 0.3) is 11.1 Å². The highest BCUT2D eigenvalue weighted by atomic mass is 79.9. The van der Waals surface area contributed by atoms with Gasteiger partial charge in [0.2, 0.25) is 0 Å². The molecule has 6 nitrogen and oxygen atoms in total. The van der Waals surface area contributed by atoms with Gasteiger partial charge in [-0.25, -0.2) is 9.18 Å². The summed E-state index contributed by atoms with van der Waals surface area (Å²) in [5.74, 6) is -1.03. The smallest absolute Gasteiger partial charge is 0.343 e. The van der Waals surface area contributed by atoms with Crippen molar-refractivity contribution in [1.82, 2.24) is 4.90 Å². The number of carbonyl (C=O) groups is 3. The number of hydrogen-bond donors (Lipinski definition) is 0.